The number of carbonyl (C=O) groups is 1. The molecule has 0 aromatic heterocycles. The fourth-order valence-corrected chi connectivity index (χ4v) is 6.26. The highest BCUT2D eigenvalue weighted by Crippen LogP contribution is 2.61. The van der Waals surface area contributed by atoms with Gasteiger partial charge in [-0.3, -0.25) is 4.99 Å². The number of nitrogens with zero attached hydrogens (tertiary/aromatic N) is 1. The van der Waals surface area contributed by atoms with Crippen molar-refractivity contribution in [1.29, 1.82) is 0 Å². The number of carbonyl (C=O) groups excluding carboxylic acids is 1. The Balaban J connectivity index is 1.66. The van der Waals surface area contributed by atoms with Crippen LogP contribution in [0.25, 0.3) is 0 Å². The highest BCUT2D eigenvalue weighted by molar-refractivity contribution is 9.10. The molecule has 4 aliphatic rings. The van der Waals surface area contributed by atoms with Crippen LogP contribution < -0.4 is 0 Å². The smallest absolute Gasteiger partial charge is 0.331 e. The lowest BCUT2D eigenvalue weighted by Crippen LogP contribution is -2.53. The zero-order valence-corrected chi connectivity index (χ0v) is 16.0. The maximum Gasteiger partial charge on any atom is 0.331 e. The average molecular weight is 406 g/mol. The third kappa shape index (κ3) is 3.12. The van der Waals surface area contributed by atoms with E-state index in [2.05, 4.69) is 20.9 Å². The summed E-state index contributed by atoms with van der Waals surface area (Å²) in [5.74, 6) is 2.16. The maximum absolute atomic E-state index is 12.6. The van der Waals surface area contributed by atoms with E-state index in [-0.39, 0.29) is 17.1 Å². The van der Waals surface area contributed by atoms with Crippen LogP contribution in [0.4, 0.5) is 0 Å². The molecule has 0 amide bonds. The second-order valence-corrected chi connectivity index (χ2v) is 9.10. The van der Waals surface area contributed by atoms with Crippen molar-refractivity contribution in [3.8, 4) is 5.75 Å². The summed E-state index contributed by atoms with van der Waals surface area (Å²) < 4.78 is 5.99. The number of benzene rings is 1. The first-order valence-corrected chi connectivity index (χ1v) is 9.88. The zero-order valence-electron chi connectivity index (χ0n) is 14.5. The summed E-state index contributed by atoms with van der Waals surface area (Å²) in [6.45, 7) is 0. The molecule has 4 fully saturated rings. The maximum atomic E-state index is 12.6. The summed E-state index contributed by atoms with van der Waals surface area (Å²) >= 11 is 3.41. The van der Waals surface area contributed by atoms with E-state index in [0.717, 1.165) is 41.5 Å². The average Bonchev–Trinajstić information content (AvgIpc) is 2.56. The monoisotopic (exact) mass is 405 g/mol. The Hall–Kier alpha value is -1.36. The molecule has 4 bridgehead atoms. The second kappa shape index (κ2) is 6.42. The Kier molecular flexibility index (Phi) is 4.38. The van der Waals surface area contributed by atoms with Gasteiger partial charge in [-0.25, -0.2) is 4.79 Å². The SMILES string of the molecule is COC(=O)[C@H](N=Cc1cc(Br)ccc1O)C12CC3CC(CC(C3)C1)C2. The molecule has 0 aliphatic heterocycles. The van der Waals surface area contributed by atoms with Gasteiger partial charge in [-0.05, 0) is 74.5 Å². The standard InChI is InChI=1S/C20H24BrNO3/c1-25-19(24)18(22-11-15-7-16(21)2-3-17(15)23)20-8-12-4-13(9-20)6-14(5-12)10-20/h2-3,7,11-14,18,23H,4-6,8-10H2,1H3/t12?,13?,14?,18-,20?/m0/s1. The van der Waals surface area contributed by atoms with Crippen LogP contribution in [0.3, 0.4) is 0 Å². The Bertz CT molecular complexity index is 680. The number of halogens is 1. The van der Waals surface area contributed by atoms with Crippen LogP contribution in [-0.2, 0) is 9.53 Å². The molecule has 1 aromatic rings. The molecule has 25 heavy (non-hydrogen) atoms. The lowest BCUT2D eigenvalue weighted by atomic mass is 9.47. The van der Waals surface area contributed by atoms with Crippen LogP contribution in [0.15, 0.2) is 27.7 Å². The van der Waals surface area contributed by atoms with Crippen LogP contribution in [0.5, 0.6) is 5.75 Å². The van der Waals surface area contributed by atoms with E-state index < -0.39 is 6.04 Å². The first kappa shape index (κ1) is 17.1. The molecule has 0 spiro atoms. The van der Waals surface area contributed by atoms with E-state index >= 15 is 0 Å². The summed E-state index contributed by atoms with van der Waals surface area (Å²) in [4.78, 5) is 17.3. The first-order valence-electron chi connectivity index (χ1n) is 9.08. The number of aromatic hydroxyl groups is 1. The van der Waals surface area contributed by atoms with Crippen LogP contribution in [0.1, 0.15) is 44.1 Å². The van der Waals surface area contributed by atoms with E-state index in [1.54, 1.807) is 18.3 Å². The quantitative estimate of drug-likeness (QED) is 0.598. The van der Waals surface area contributed by atoms with Gasteiger partial charge in [0.1, 0.15) is 5.75 Å². The van der Waals surface area contributed by atoms with Gasteiger partial charge in [0.15, 0.2) is 6.04 Å². The number of aliphatic imine (C=N–C) groups is 1. The van der Waals surface area contributed by atoms with Crippen LogP contribution in [0.2, 0.25) is 0 Å². The predicted octanol–water partition coefficient (Wildman–Crippen LogP) is 4.33. The fourth-order valence-electron chi connectivity index (χ4n) is 5.88. The van der Waals surface area contributed by atoms with Crippen molar-refractivity contribution < 1.29 is 14.6 Å². The van der Waals surface area contributed by atoms with Crippen molar-refractivity contribution in [3.63, 3.8) is 0 Å². The molecule has 1 N–H and O–H groups in total. The molecule has 0 heterocycles. The molecule has 5 rings (SSSR count). The van der Waals surface area contributed by atoms with Crippen molar-refractivity contribution in [2.75, 3.05) is 7.11 Å². The molecule has 0 radical (unpaired) electrons. The van der Waals surface area contributed by atoms with Crippen molar-refractivity contribution in [3.05, 3.63) is 28.2 Å². The van der Waals surface area contributed by atoms with Gasteiger partial charge >= 0.3 is 5.97 Å². The second-order valence-electron chi connectivity index (χ2n) is 8.19. The molecule has 1 aromatic carbocycles. The molecule has 0 saturated heterocycles. The molecule has 5 heteroatoms. The Labute approximate surface area is 156 Å². The van der Waals surface area contributed by atoms with E-state index in [0.29, 0.717) is 5.56 Å². The van der Waals surface area contributed by atoms with Gasteiger partial charge in [0, 0.05) is 21.7 Å². The Morgan fingerprint density at radius 2 is 1.88 bits per heavy atom. The summed E-state index contributed by atoms with van der Waals surface area (Å²) in [5, 5.41) is 10.0. The molecule has 4 saturated carbocycles. The normalized spacial score (nSPS) is 34.4. The number of ether oxygens (including phenoxy) is 1. The number of phenolic OH excluding ortho intramolecular Hbond substituents is 1. The number of esters is 1. The van der Waals surface area contributed by atoms with Gasteiger partial charge in [0.05, 0.1) is 7.11 Å². The van der Waals surface area contributed by atoms with Crippen molar-refractivity contribution in [2.24, 2.45) is 28.2 Å². The molecule has 4 nitrogen and oxygen atoms in total. The third-order valence-electron chi connectivity index (χ3n) is 6.44. The molecular formula is C20H24BrNO3. The highest BCUT2D eigenvalue weighted by atomic mass is 79.9. The fraction of sp³-hybridized carbons (Fsp3) is 0.600. The van der Waals surface area contributed by atoms with Gasteiger partial charge < -0.3 is 9.84 Å². The van der Waals surface area contributed by atoms with E-state index in [9.17, 15) is 9.90 Å². The number of methoxy groups -OCH3 is 1. The minimum Gasteiger partial charge on any atom is -0.507 e. The van der Waals surface area contributed by atoms with Crippen molar-refractivity contribution in [2.45, 2.75) is 44.6 Å². The number of rotatable bonds is 4. The van der Waals surface area contributed by atoms with Crippen LogP contribution in [-0.4, -0.2) is 30.4 Å². The lowest BCUT2D eigenvalue weighted by Gasteiger charge is -2.58. The zero-order chi connectivity index (χ0) is 17.6. The van der Waals surface area contributed by atoms with Gasteiger partial charge in [-0.2, -0.15) is 0 Å². The van der Waals surface area contributed by atoms with Gasteiger partial charge in [0.2, 0.25) is 0 Å². The highest BCUT2D eigenvalue weighted by Gasteiger charge is 2.56. The van der Waals surface area contributed by atoms with Crippen molar-refractivity contribution >= 4 is 28.1 Å². The van der Waals surface area contributed by atoms with Gasteiger partial charge in [-0.1, -0.05) is 15.9 Å². The number of phenols is 1. The summed E-state index contributed by atoms with van der Waals surface area (Å²) in [6.07, 6.45) is 8.86. The van der Waals surface area contributed by atoms with E-state index in [1.165, 1.54) is 26.4 Å². The molecule has 1 atom stereocenters. The predicted molar refractivity (Wildman–Crippen MR) is 99.8 cm³/mol. The number of hydrogen-bond acceptors (Lipinski definition) is 4. The van der Waals surface area contributed by atoms with Crippen molar-refractivity contribution in [1.82, 2.24) is 0 Å². The topological polar surface area (TPSA) is 58.9 Å². The van der Waals surface area contributed by atoms with Crippen LogP contribution in [0, 0.1) is 23.2 Å². The minimum atomic E-state index is -0.468. The summed E-state index contributed by atoms with van der Waals surface area (Å²) in [6, 6.07) is 4.75. The first-order chi connectivity index (χ1) is 12.0. The van der Waals surface area contributed by atoms with E-state index in [1.807, 2.05) is 6.07 Å². The molecule has 4 aliphatic carbocycles. The van der Waals surface area contributed by atoms with Gasteiger partial charge in [0.25, 0.3) is 0 Å². The Morgan fingerprint density at radius 1 is 1.28 bits per heavy atom. The lowest BCUT2D eigenvalue weighted by molar-refractivity contribution is -0.152. The van der Waals surface area contributed by atoms with Crippen LogP contribution >= 0.6 is 15.9 Å². The summed E-state index contributed by atoms with van der Waals surface area (Å²) in [5.41, 5.74) is 0.563. The third-order valence-corrected chi connectivity index (χ3v) is 6.94. The van der Waals surface area contributed by atoms with E-state index in [4.69, 9.17) is 4.74 Å². The Morgan fingerprint density at radius 3 is 2.44 bits per heavy atom. The molecule has 134 valence electrons. The number of hydrogen-bond donors (Lipinski definition) is 1. The van der Waals surface area contributed by atoms with Gasteiger partial charge in [-0.15, -0.1) is 0 Å². The molecule has 0 unspecified atom stereocenters. The molecular weight excluding hydrogens is 382 g/mol. The minimum absolute atomic E-state index is 0.0556. The largest absolute Gasteiger partial charge is 0.507 e. The summed E-state index contributed by atoms with van der Waals surface area (Å²) in [7, 11) is 1.45.